The molecule has 0 aliphatic carbocycles. The second-order valence-corrected chi connectivity index (χ2v) is 7.58. The number of nitrogens with zero attached hydrogens (tertiary/aromatic N) is 2. The van der Waals surface area contributed by atoms with Gasteiger partial charge < -0.3 is 14.6 Å². The lowest BCUT2D eigenvalue weighted by molar-refractivity contribution is -0.153. The van der Waals surface area contributed by atoms with Crippen molar-refractivity contribution in [2.45, 2.75) is 32.4 Å². The number of aromatic nitrogens is 2. The molecule has 0 bridgehead atoms. The number of ether oxygens (including phenoxy) is 1. The zero-order chi connectivity index (χ0) is 21.3. The minimum absolute atomic E-state index is 0.0711. The van der Waals surface area contributed by atoms with E-state index in [1.807, 2.05) is 37.3 Å². The van der Waals surface area contributed by atoms with Gasteiger partial charge in [-0.3, -0.25) is 14.4 Å². The molecule has 1 aliphatic heterocycles. The first-order chi connectivity index (χ1) is 14.4. The molecule has 0 unspecified atom stereocenters. The molecule has 30 heavy (non-hydrogen) atoms. The number of benzene rings is 2. The molecular formula is C23H23N3O4. The number of likely N-dealkylation sites (tertiary alicyclic amines) is 1. The second-order valence-electron chi connectivity index (χ2n) is 7.58. The van der Waals surface area contributed by atoms with Crippen LogP contribution < -0.4 is 5.56 Å². The minimum atomic E-state index is -0.731. The summed E-state index contributed by atoms with van der Waals surface area (Å²) in [6.07, 6.45) is -0.616. The average molecular weight is 405 g/mol. The number of para-hydroxylation sites is 1. The highest BCUT2D eigenvalue weighted by molar-refractivity contribution is 5.87. The zero-order valence-corrected chi connectivity index (χ0v) is 16.9. The van der Waals surface area contributed by atoms with Crippen LogP contribution in [0.4, 0.5) is 0 Å². The van der Waals surface area contributed by atoms with Crippen LogP contribution in [0.1, 0.15) is 43.8 Å². The molecule has 1 amide bonds. The van der Waals surface area contributed by atoms with Crippen molar-refractivity contribution in [1.82, 2.24) is 14.9 Å². The van der Waals surface area contributed by atoms with E-state index in [-0.39, 0.29) is 29.8 Å². The van der Waals surface area contributed by atoms with Crippen molar-refractivity contribution in [2.24, 2.45) is 5.92 Å². The van der Waals surface area contributed by atoms with E-state index in [2.05, 4.69) is 9.97 Å². The summed E-state index contributed by atoms with van der Waals surface area (Å²) in [4.78, 5) is 46.3. The van der Waals surface area contributed by atoms with Crippen LogP contribution in [0.3, 0.4) is 0 Å². The molecule has 2 heterocycles. The summed E-state index contributed by atoms with van der Waals surface area (Å²) in [5.41, 5.74) is 1.28. The van der Waals surface area contributed by atoms with Crippen LogP contribution in [0.2, 0.25) is 0 Å². The Bertz CT molecular complexity index is 1140. The number of rotatable bonds is 5. The van der Waals surface area contributed by atoms with Crippen molar-refractivity contribution in [3.8, 4) is 0 Å². The van der Waals surface area contributed by atoms with Gasteiger partial charge in [-0.25, -0.2) is 4.98 Å². The van der Waals surface area contributed by atoms with E-state index >= 15 is 0 Å². The number of nitrogens with one attached hydrogen (secondary N) is 1. The van der Waals surface area contributed by atoms with Crippen molar-refractivity contribution in [1.29, 1.82) is 0 Å². The first-order valence-electron chi connectivity index (χ1n) is 9.98. The Hall–Kier alpha value is -3.48. The molecule has 1 N–H and O–H groups in total. The summed E-state index contributed by atoms with van der Waals surface area (Å²) in [6.45, 7) is 3.92. The Morgan fingerprint density at radius 2 is 1.80 bits per heavy atom. The maximum atomic E-state index is 12.7. The Kier molecular flexibility index (Phi) is 5.35. The number of amides is 1. The highest BCUT2D eigenvalue weighted by atomic mass is 16.5. The summed E-state index contributed by atoms with van der Waals surface area (Å²) in [6, 6.07) is 16.6. The number of esters is 1. The molecule has 2 aromatic carbocycles. The smallest absolute Gasteiger partial charge is 0.311 e. The van der Waals surface area contributed by atoms with E-state index in [9.17, 15) is 14.4 Å². The molecule has 0 spiro atoms. The number of hydrogen-bond acceptors (Lipinski definition) is 5. The van der Waals surface area contributed by atoms with E-state index < -0.39 is 18.0 Å². The van der Waals surface area contributed by atoms with Gasteiger partial charge in [0.1, 0.15) is 0 Å². The fraction of sp³-hybridized carbons (Fsp3) is 0.304. The van der Waals surface area contributed by atoms with Gasteiger partial charge in [0.25, 0.3) is 5.56 Å². The average Bonchev–Trinajstić information content (AvgIpc) is 3.15. The van der Waals surface area contributed by atoms with Crippen LogP contribution in [-0.4, -0.2) is 33.3 Å². The number of H-pyrrole nitrogens is 1. The summed E-state index contributed by atoms with van der Waals surface area (Å²) in [7, 11) is 0. The lowest BCUT2D eigenvalue weighted by Crippen LogP contribution is -2.30. The van der Waals surface area contributed by atoms with Crippen molar-refractivity contribution in [3.63, 3.8) is 0 Å². The molecular weight excluding hydrogens is 382 g/mol. The standard InChI is InChI=1S/C23H23N3O4/c1-14(16-8-4-3-5-9-16)26-13-17(12-20(26)27)23(29)30-15(2)21-24-19-11-7-6-10-18(19)22(28)25-21/h3-11,14-15,17H,12-13H2,1-2H3,(H,24,25,28)/t14-,15+,17-/m1/s1. The Morgan fingerprint density at radius 3 is 2.57 bits per heavy atom. The van der Waals surface area contributed by atoms with Crippen molar-refractivity contribution in [2.75, 3.05) is 6.54 Å². The van der Waals surface area contributed by atoms with Crippen LogP contribution in [0.25, 0.3) is 10.9 Å². The van der Waals surface area contributed by atoms with Gasteiger partial charge in [-0.15, -0.1) is 0 Å². The minimum Gasteiger partial charge on any atom is -0.454 e. The predicted molar refractivity (Wildman–Crippen MR) is 112 cm³/mol. The van der Waals surface area contributed by atoms with Crippen molar-refractivity contribution >= 4 is 22.8 Å². The SMILES string of the molecule is C[C@H](OC(=O)[C@@H]1CC(=O)N([C@H](C)c2ccccc2)C1)c1nc2ccccc2c(=O)[nH]1. The molecule has 4 rings (SSSR count). The van der Waals surface area contributed by atoms with Gasteiger partial charge in [0.2, 0.25) is 5.91 Å². The largest absolute Gasteiger partial charge is 0.454 e. The molecule has 154 valence electrons. The summed E-state index contributed by atoms with van der Waals surface area (Å²) < 4.78 is 5.56. The molecule has 1 saturated heterocycles. The quantitative estimate of drug-likeness (QED) is 0.659. The van der Waals surface area contributed by atoms with Gasteiger partial charge >= 0.3 is 5.97 Å². The normalized spacial score (nSPS) is 18.4. The molecule has 0 saturated carbocycles. The topological polar surface area (TPSA) is 92.4 Å². The van der Waals surface area contributed by atoms with E-state index in [0.717, 1.165) is 5.56 Å². The van der Waals surface area contributed by atoms with Crippen LogP contribution >= 0.6 is 0 Å². The lowest BCUT2D eigenvalue weighted by Gasteiger charge is -2.25. The highest BCUT2D eigenvalue weighted by Crippen LogP contribution is 2.30. The third-order valence-electron chi connectivity index (χ3n) is 5.55. The van der Waals surface area contributed by atoms with Crippen molar-refractivity contribution < 1.29 is 14.3 Å². The first-order valence-corrected chi connectivity index (χ1v) is 9.98. The van der Waals surface area contributed by atoms with Gasteiger partial charge in [0, 0.05) is 13.0 Å². The number of carbonyl (C=O) groups is 2. The number of fused-ring (bicyclic) bond motifs is 1. The molecule has 3 atom stereocenters. The highest BCUT2D eigenvalue weighted by Gasteiger charge is 2.38. The summed E-state index contributed by atoms with van der Waals surface area (Å²) in [5.74, 6) is -0.795. The van der Waals surface area contributed by atoms with E-state index in [1.54, 1.807) is 36.1 Å². The summed E-state index contributed by atoms with van der Waals surface area (Å²) in [5, 5.41) is 0.478. The number of aromatic amines is 1. The van der Waals surface area contributed by atoms with Crippen LogP contribution in [0.5, 0.6) is 0 Å². The molecule has 0 radical (unpaired) electrons. The number of hydrogen-bond donors (Lipinski definition) is 1. The molecule has 1 fully saturated rings. The third kappa shape index (κ3) is 3.83. The molecule has 7 heteroatoms. The fourth-order valence-electron chi connectivity index (χ4n) is 3.80. The maximum Gasteiger partial charge on any atom is 0.311 e. The molecule has 1 aliphatic rings. The molecule has 7 nitrogen and oxygen atoms in total. The first kappa shape index (κ1) is 19.8. The fourth-order valence-corrected chi connectivity index (χ4v) is 3.80. The Balaban J connectivity index is 1.45. The number of carbonyl (C=O) groups excluding carboxylic acids is 2. The monoisotopic (exact) mass is 405 g/mol. The van der Waals surface area contributed by atoms with Gasteiger partial charge in [0.05, 0.1) is 22.9 Å². The van der Waals surface area contributed by atoms with Gasteiger partial charge in [-0.1, -0.05) is 42.5 Å². The Labute approximate surface area is 173 Å². The lowest BCUT2D eigenvalue weighted by atomic mass is 10.1. The van der Waals surface area contributed by atoms with E-state index in [4.69, 9.17) is 4.74 Å². The maximum absolute atomic E-state index is 12.7. The van der Waals surface area contributed by atoms with Gasteiger partial charge in [-0.05, 0) is 31.5 Å². The van der Waals surface area contributed by atoms with Crippen molar-refractivity contribution in [3.05, 3.63) is 76.3 Å². The van der Waals surface area contributed by atoms with Crippen LogP contribution in [0.15, 0.2) is 59.4 Å². The molecule has 3 aromatic rings. The van der Waals surface area contributed by atoms with E-state index in [0.29, 0.717) is 17.4 Å². The second kappa shape index (κ2) is 8.10. The Morgan fingerprint density at radius 1 is 1.10 bits per heavy atom. The van der Waals surface area contributed by atoms with Crippen LogP contribution in [-0.2, 0) is 14.3 Å². The summed E-state index contributed by atoms with van der Waals surface area (Å²) >= 11 is 0. The zero-order valence-electron chi connectivity index (χ0n) is 16.9. The molecule has 1 aromatic heterocycles. The van der Waals surface area contributed by atoms with Crippen LogP contribution in [0, 0.1) is 5.92 Å². The predicted octanol–water partition coefficient (Wildman–Crippen LogP) is 3.14. The third-order valence-corrected chi connectivity index (χ3v) is 5.55. The van der Waals surface area contributed by atoms with Gasteiger partial charge in [0.15, 0.2) is 11.9 Å². The van der Waals surface area contributed by atoms with Gasteiger partial charge in [-0.2, -0.15) is 0 Å². The van der Waals surface area contributed by atoms with E-state index in [1.165, 1.54) is 0 Å².